The summed E-state index contributed by atoms with van der Waals surface area (Å²) in [6.45, 7) is 11.7. The molecule has 0 aliphatic rings. The second-order valence-corrected chi connectivity index (χ2v) is 10.4. The summed E-state index contributed by atoms with van der Waals surface area (Å²) in [7, 11) is 3.49. The molecule has 1 aromatic carbocycles. The molecule has 0 spiro atoms. The fourth-order valence-corrected chi connectivity index (χ4v) is 4.18. The Kier molecular flexibility index (Phi) is 17.7. The molecule has 7 nitrogen and oxygen atoms in total. The molecule has 0 aliphatic heterocycles. The molecule has 2 N–H and O–H groups in total. The number of nitrogens with one attached hydrogen (secondary N) is 2. The standard InChI is InChI=1S/C23H40N2O5S2/c1-19(2)24-9-6-11-27-13-15-29-16-14-28-12-10-25-23(26)21-7-5-8-22(17-21)30-18-20(3)32-31-4/h5,7-8,17,19-20,24H,6,9-16,18H2,1-4H3,(H,25,26)/t20-/m1/s1. The predicted molar refractivity (Wildman–Crippen MR) is 135 cm³/mol. The summed E-state index contributed by atoms with van der Waals surface area (Å²) in [5.74, 6) is 0.568. The van der Waals surface area contributed by atoms with Crippen molar-refractivity contribution in [3.05, 3.63) is 29.8 Å². The van der Waals surface area contributed by atoms with Crippen LogP contribution < -0.4 is 15.4 Å². The van der Waals surface area contributed by atoms with E-state index in [1.165, 1.54) is 0 Å². The Bertz CT molecular complexity index is 608. The Labute approximate surface area is 201 Å². The molecule has 1 atom stereocenters. The molecule has 0 fully saturated rings. The van der Waals surface area contributed by atoms with Crippen molar-refractivity contribution in [3.8, 4) is 5.75 Å². The van der Waals surface area contributed by atoms with Gasteiger partial charge in [0.2, 0.25) is 0 Å². The fraction of sp³-hybridized carbons (Fsp3) is 0.696. The van der Waals surface area contributed by atoms with E-state index in [2.05, 4.69) is 31.4 Å². The smallest absolute Gasteiger partial charge is 0.251 e. The van der Waals surface area contributed by atoms with Gasteiger partial charge in [-0.3, -0.25) is 4.79 Å². The number of rotatable bonds is 20. The van der Waals surface area contributed by atoms with Gasteiger partial charge in [-0.25, -0.2) is 0 Å². The Morgan fingerprint density at radius 1 is 0.969 bits per heavy atom. The first-order valence-corrected chi connectivity index (χ1v) is 13.8. The Hall–Kier alpha value is -0.970. The monoisotopic (exact) mass is 488 g/mol. The summed E-state index contributed by atoms with van der Waals surface area (Å²) in [6, 6.07) is 7.76. The third kappa shape index (κ3) is 15.8. The van der Waals surface area contributed by atoms with Gasteiger partial charge < -0.3 is 29.6 Å². The lowest BCUT2D eigenvalue weighted by Gasteiger charge is -2.12. The molecule has 9 heteroatoms. The van der Waals surface area contributed by atoms with Gasteiger partial charge >= 0.3 is 0 Å². The van der Waals surface area contributed by atoms with E-state index in [1.54, 1.807) is 33.7 Å². The Balaban J connectivity index is 2.01. The molecule has 1 amide bonds. The van der Waals surface area contributed by atoms with Crippen LogP contribution in [-0.4, -0.2) is 82.8 Å². The fourth-order valence-electron chi connectivity index (χ4n) is 2.58. The van der Waals surface area contributed by atoms with Gasteiger partial charge in [-0.15, -0.1) is 0 Å². The van der Waals surface area contributed by atoms with Crippen molar-refractivity contribution in [2.75, 3.05) is 65.6 Å². The van der Waals surface area contributed by atoms with E-state index in [1.807, 2.05) is 18.4 Å². The highest BCUT2D eigenvalue weighted by molar-refractivity contribution is 8.76. The van der Waals surface area contributed by atoms with Gasteiger partial charge in [0.05, 0.1) is 33.0 Å². The number of carbonyl (C=O) groups excluding carboxylic acids is 1. The summed E-state index contributed by atoms with van der Waals surface area (Å²) in [5, 5.41) is 6.59. The Morgan fingerprint density at radius 3 is 2.34 bits per heavy atom. The lowest BCUT2D eigenvalue weighted by Crippen LogP contribution is -2.27. The highest BCUT2D eigenvalue weighted by Gasteiger charge is 2.08. The number of hydrogen-bond acceptors (Lipinski definition) is 8. The van der Waals surface area contributed by atoms with Crippen LogP contribution in [0.4, 0.5) is 0 Å². The van der Waals surface area contributed by atoms with Gasteiger partial charge in [0, 0.05) is 30.0 Å². The molecule has 1 rings (SSSR count). The van der Waals surface area contributed by atoms with Gasteiger partial charge in [0.15, 0.2) is 0 Å². The van der Waals surface area contributed by atoms with E-state index in [0.717, 1.165) is 19.6 Å². The molecule has 32 heavy (non-hydrogen) atoms. The quantitative estimate of drug-likeness (QED) is 0.213. The van der Waals surface area contributed by atoms with Crippen LogP contribution >= 0.6 is 21.6 Å². The lowest BCUT2D eigenvalue weighted by atomic mass is 10.2. The van der Waals surface area contributed by atoms with Gasteiger partial charge in [-0.05, 0) is 44.3 Å². The summed E-state index contributed by atoms with van der Waals surface area (Å²) in [4.78, 5) is 12.3. The van der Waals surface area contributed by atoms with E-state index in [9.17, 15) is 4.79 Å². The highest BCUT2D eigenvalue weighted by atomic mass is 33.1. The summed E-state index contributed by atoms with van der Waals surface area (Å²) in [6.07, 6.45) is 3.05. The number of ether oxygens (including phenoxy) is 4. The minimum Gasteiger partial charge on any atom is -0.492 e. The molecular formula is C23H40N2O5S2. The maximum absolute atomic E-state index is 12.3. The predicted octanol–water partition coefficient (Wildman–Crippen LogP) is 3.63. The minimum absolute atomic E-state index is 0.136. The average molecular weight is 489 g/mol. The number of benzene rings is 1. The van der Waals surface area contributed by atoms with Crippen LogP contribution in [0.2, 0.25) is 0 Å². The molecule has 0 bridgehead atoms. The highest BCUT2D eigenvalue weighted by Crippen LogP contribution is 2.24. The van der Waals surface area contributed by atoms with Crippen LogP contribution in [0.3, 0.4) is 0 Å². The summed E-state index contributed by atoms with van der Waals surface area (Å²) in [5.41, 5.74) is 0.580. The SMILES string of the molecule is CSS[C@H](C)COc1cccc(C(=O)NCCOCCOCCOCCCNC(C)C)c1. The lowest BCUT2D eigenvalue weighted by molar-refractivity contribution is 0.0147. The Morgan fingerprint density at radius 2 is 1.66 bits per heavy atom. The van der Waals surface area contributed by atoms with Gasteiger partial charge in [0.1, 0.15) is 12.4 Å². The normalized spacial score (nSPS) is 12.2. The minimum atomic E-state index is -0.136. The zero-order valence-corrected chi connectivity index (χ0v) is 21.5. The zero-order valence-electron chi connectivity index (χ0n) is 19.9. The van der Waals surface area contributed by atoms with Crippen molar-refractivity contribution >= 4 is 27.5 Å². The maximum atomic E-state index is 12.3. The van der Waals surface area contributed by atoms with Crippen LogP contribution in [0.15, 0.2) is 24.3 Å². The van der Waals surface area contributed by atoms with Crippen molar-refractivity contribution < 1.29 is 23.7 Å². The van der Waals surface area contributed by atoms with E-state index < -0.39 is 0 Å². The van der Waals surface area contributed by atoms with E-state index >= 15 is 0 Å². The van der Waals surface area contributed by atoms with Crippen LogP contribution in [0.25, 0.3) is 0 Å². The molecule has 0 radical (unpaired) electrons. The largest absolute Gasteiger partial charge is 0.492 e. The number of hydrogen-bond donors (Lipinski definition) is 2. The molecule has 1 aromatic rings. The van der Waals surface area contributed by atoms with Crippen LogP contribution in [-0.2, 0) is 14.2 Å². The third-order valence-electron chi connectivity index (χ3n) is 4.14. The van der Waals surface area contributed by atoms with Crippen molar-refractivity contribution in [2.24, 2.45) is 0 Å². The third-order valence-corrected chi connectivity index (χ3v) is 6.36. The molecule has 184 valence electrons. The van der Waals surface area contributed by atoms with Gasteiger partial charge in [-0.1, -0.05) is 41.5 Å². The topological polar surface area (TPSA) is 78.1 Å². The average Bonchev–Trinajstić information content (AvgIpc) is 2.78. The summed E-state index contributed by atoms with van der Waals surface area (Å²) >= 11 is 0. The molecule has 0 unspecified atom stereocenters. The van der Waals surface area contributed by atoms with Crippen LogP contribution in [0, 0.1) is 0 Å². The second kappa shape index (κ2) is 19.5. The first kappa shape index (κ1) is 29.1. The van der Waals surface area contributed by atoms with Gasteiger partial charge in [-0.2, -0.15) is 0 Å². The zero-order chi connectivity index (χ0) is 23.4. The van der Waals surface area contributed by atoms with Crippen molar-refractivity contribution in [1.82, 2.24) is 10.6 Å². The van der Waals surface area contributed by atoms with Crippen molar-refractivity contribution in [2.45, 2.75) is 38.5 Å². The van der Waals surface area contributed by atoms with E-state index in [0.29, 0.717) is 68.8 Å². The van der Waals surface area contributed by atoms with Crippen LogP contribution in [0.5, 0.6) is 5.75 Å². The van der Waals surface area contributed by atoms with Crippen molar-refractivity contribution in [3.63, 3.8) is 0 Å². The molecular weight excluding hydrogens is 448 g/mol. The van der Waals surface area contributed by atoms with E-state index in [-0.39, 0.29) is 5.91 Å². The number of carbonyl (C=O) groups is 1. The molecule has 0 saturated carbocycles. The number of amides is 1. The first-order chi connectivity index (χ1) is 15.5. The van der Waals surface area contributed by atoms with E-state index in [4.69, 9.17) is 18.9 Å². The summed E-state index contributed by atoms with van der Waals surface area (Å²) < 4.78 is 22.3. The van der Waals surface area contributed by atoms with Crippen molar-refractivity contribution in [1.29, 1.82) is 0 Å². The maximum Gasteiger partial charge on any atom is 0.251 e. The molecule has 0 saturated heterocycles. The first-order valence-electron chi connectivity index (χ1n) is 11.2. The molecule has 0 heterocycles. The van der Waals surface area contributed by atoms with Gasteiger partial charge in [0.25, 0.3) is 5.91 Å². The molecule has 0 aliphatic carbocycles. The van der Waals surface area contributed by atoms with Crippen LogP contribution in [0.1, 0.15) is 37.6 Å². The second-order valence-electron chi connectivity index (χ2n) is 7.47. The molecule has 0 aromatic heterocycles.